The first-order valence-corrected chi connectivity index (χ1v) is 5.91. The van der Waals surface area contributed by atoms with E-state index < -0.39 is 0 Å². The minimum absolute atomic E-state index is 0.614. The van der Waals surface area contributed by atoms with E-state index in [0.717, 1.165) is 18.8 Å². The summed E-state index contributed by atoms with van der Waals surface area (Å²) in [7, 11) is 0. The van der Waals surface area contributed by atoms with Crippen molar-refractivity contribution >= 4 is 5.57 Å². The summed E-state index contributed by atoms with van der Waals surface area (Å²) in [5.74, 6) is 1.56. The Bertz CT molecular complexity index is 398. The van der Waals surface area contributed by atoms with Gasteiger partial charge in [0.15, 0.2) is 0 Å². The van der Waals surface area contributed by atoms with Crippen LogP contribution in [0.1, 0.15) is 25.8 Å². The quantitative estimate of drug-likeness (QED) is 0.737. The SMILES string of the molecule is CCOc1ccc(C2=CC=CCC2C)cc1. The van der Waals surface area contributed by atoms with Crippen molar-refractivity contribution in [3.63, 3.8) is 0 Å². The standard InChI is InChI=1S/C15H18O/c1-3-16-14-10-8-13(9-11-14)15-7-5-4-6-12(15)2/h4-5,7-12H,3,6H2,1-2H3. The molecule has 1 atom stereocenters. The molecule has 0 bridgehead atoms. The molecule has 0 aromatic heterocycles. The van der Waals surface area contributed by atoms with Crippen LogP contribution in [-0.4, -0.2) is 6.61 Å². The maximum atomic E-state index is 5.44. The summed E-state index contributed by atoms with van der Waals surface area (Å²) >= 11 is 0. The molecule has 0 heterocycles. The van der Waals surface area contributed by atoms with Gasteiger partial charge >= 0.3 is 0 Å². The molecule has 84 valence electrons. The molecule has 1 unspecified atom stereocenters. The molecule has 1 aromatic carbocycles. The van der Waals surface area contributed by atoms with Crippen LogP contribution >= 0.6 is 0 Å². The molecule has 1 aliphatic rings. The third-order valence-electron chi connectivity index (χ3n) is 2.93. The third kappa shape index (κ3) is 2.35. The zero-order chi connectivity index (χ0) is 11.4. The van der Waals surface area contributed by atoms with E-state index in [2.05, 4.69) is 37.3 Å². The van der Waals surface area contributed by atoms with Crippen molar-refractivity contribution in [2.24, 2.45) is 5.92 Å². The van der Waals surface area contributed by atoms with Gasteiger partial charge in [-0.05, 0) is 42.5 Å². The van der Waals surface area contributed by atoms with Crippen molar-refractivity contribution in [2.75, 3.05) is 6.61 Å². The molecule has 0 saturated heterocycles. The van der Waals surface area contributed by atoms with Gasteiger partial charge in [-0.2, -0.15) is 0 Å². The van der Waals surface area contributed by atoms with E-state index in [1.165, 1.54) is 11.1 Å². The minimum atomic E-state index is 0.614. The number of benzene rings is 1. The molecule has 0 amide bonds. The average Bonchev–Trinajstić information content (AvgIpc) is 2.31. The number of hydrogen-bond acceptors (Lipinski definition) is 1. The molecule has 0 aliphatic heterocycles. The van der Waals surface area contributed by atoms with Gasteiger partial charge in [-0.3, -0.25) is 0 Å². The lowest BCUT2D eigenvalue weighted by molar-refractivity contribution is 0.340. The van der Waals surface area contributed by atoms with E-state index in [4.69, 9.17) is 4.74 Å². The van der Waals surface area contributed by atoms with Crippen molar-refractivity contribution in [2.45, 2.75) is 20.3 Å². The summed E-state index contributed by atoms with van der Waals surface area (Å²) in [5, 5.41) is 0. The summed E-state index contributed by atoms with van der Waals surface area (Å²) in [6.07, 6.45) is 7.72. The molecule has 1 aromatic rings. The van der Waals surface area contributed by atoms with Crippen LogP contribution in [0.25, 0.3) is 5.57 Å². The first-order valence-electron chi connectivity index (χ1n) is 5.91. The highest BCUT2D eigenvalue weighted by molar-refractivity contribution is 5.70. The minimum Gasteiger partial charge on any atom is -0.494 e. The summed E-state index contributed by atoms with van der Waals surface area (Å²) in [6, 6.07) is 8.38. The summed E-state index contributed by atoms with van der Waals surface area (Å²) in [6.45, 7) is 5.00. The topological polar surface area (TPSA) is 9.23 Å². The second-order valence-corrected chi connectivity index (χ2v) is 4.14. The van der Waals surface area contributed by atoms with E-state index in [-0.39, 0.29) is 0 Å². The second-order valence-electron chi connectivity index (χ2n) is 4.14. The number of hydrogen-bond donors (Lipinski definition) is 0. The fourth-order valence-electron chi connectivity index (χ4n) is 2.04. The fraction of sp³-hybridized carbons (Fsp3) is 0.333. The van der Waals surface area contributed by atoms with Crippen LogP contribution in [0.3, 0.4) is 0 Å². The molecule has 2 rings (SSSR count). The van der Waals surface area contributed by atoms with Crippen LogP contribution in [0, 0.1) is 5.92 Å². The monoisotopic (exact) mass is 214 g/mol. The first-order chi connectivity index (χ1) is 7.81. The Balaban J connectivity index is 2.21. The molecule has 1 heteroatoms. The molecular formula is C15H18O. The van der Waals surface area contributed by atoms with Gasteiger partial charge in [-0.1, -0.05) is 37.3 Å². The van der Waals surface area contributed by atoms with Gasteiger partial charge in [0.1, 0.15) is 5.75 Å². The highest BCUT2D eigenvalue weighted by atomic mass is 16.5. The van der Waals surface area contributed by atoms with Gasteiger partial charge in [0.05, 0.1) is 6.61 Å². The van der Waals surface area contributed by atoms with Crippen molar-refractivity contribution in [1.82, 2.24) is 0 Å². The maximum Gasteiger partial charge on any atom is 0.119 e. The fourth-order valence-corrected chi connectivity index (χ4v) is 2.04. The van der Waals surface area contributed by atoms with Gasteiger partial charge in [0.2, 0.25) is 0 Å². The molecule has 0 radical (unpaired) electrons. The van der Waals surface area contributed by atoms with E-state index in [9.17, 15) is 0 Å². The first kappa shape index (κ1) is 11.0. The van der Waals surface area contributed by atoms with Crippen LogP contribution in [-0.2, 0) is 0 Å². The molecule has 1 aliphatic carbocycles. The molecule has 0 N–H and O–H groups in total. The van der Waals surface area contributed by atoms with E-state index >= 15 is 0 Å². The van der Waals surface area contributed by atoms with Crippen molar-refractivity contribution in [3.8, 4) is 5.75 Å². The van der Waals surface area contributed by atoms with Crippen LogP contribution in [0.4, 0.5) is 0 Å². The van der Waals surface area contributed by atoms with Crippen LogP contribution in [0.15, 0.2) is 42.5 Å². The third-order valence-corrected chi connectivity index (χ3v) is 2.93. The summed E-state index contributed by atoms with van der Waals surface area (Å²) in [5.41, 5.74) is 2.73. The number of ether oxygens (including phenoxy) is 1. The Morgan fingerprint density at radius 1 is 1.25 bits per heavy atom. The predicted molar refractivity (Wildman–Crippen MR) is 68.5 cm³/mol. The number of allylic oxidation sites excluding steroid dienone is 4. The van der Waals surface area contributed by atoms with E-state index in [0.29, 0.717) is 5.92 Å². The highest BCUT2D eigenvalue weighted by Crippen LogP contribution is 2.30. The van der Waals surface area contributed by atoms with E-state index in [1.807, 2.05) is 19.1 Å². The normalized spacial score (nSPS) is 19.4. The maximum absolute atomic E-state index is 5.44. The Labute approximate surface area is 97.4 Å². The number of rotatable bonds is 3. The highest BCUT2D eigenvalue weighted by Gasteiger charge is 2.11. The Kier molecular flexibility index (Phi) is 3.45. The van der Waals surface area contributed by atoms with Crippen LogP contribution < -0.4 is 4.74 Å². The molecule has 0 saturated carbocycles. The molecule has 0 fully saturated rings. The molecular weight excluding hydrogens is 196 g/mol. The molecule has 0 spiro atoms. The Morgan fingerprint density at radius 2 is 2.00 bits per heavy atom. The lowest BCUT2D eigenvalue weighted by Gasteiger charge is -2.17. The summed E-state index contributed by atoms with van der Waals surface area (Å²) in [4.78, 5) is 0. The van der Waals surface area contributed by atoms with Gasteiger partial charge in [-0.25, -0.2) is 0 Å². The lowest BCUT2D eigenvalue weighted by Crippen LogP contribution is -2.00. The van der Waals surface area contributed by atoms with Crippen molar-refractivity contribution in [1.29, 1.82) is 0 Å². The Hall–Kier alpha value is -1.50. The van der Waals surface area contributed by atoms with Crippen LogP contribution in [0.5, 0.6) is 5.75 Å². The Morgan fingerprint density at radius 3 is 2.62 bits per heavy atom. The largest absolute Gasteiger partial charge is 0.494 e. The zero-order valence-corrected chi connectivity index (χ0v) is 9.94. The summed E-state index contributed by atoms with van der Waals surface area (Å²) < 4.78 is 5.44. The predicted octanol–water partition coefficient (Wildman–Crippen LogP) is 4.06. The van der Waals surface area contributed by atoms with Crippen molar-refractivity contribution < 1.29 is 4.74 Å². The smallest absolute Gasteiger partial charge is 0.119 e. The van der Waals surface area contributed by atoms with Gasteiger partial charge in [-0.15, -0.1) is 0 Å². The zero-order valence-electron chi connectivity index (χ0n) is 9.94. The lowest BCUT2D eigenvalue weighted by atomic mass is 9.88. The van der Waals surface area contributed by atoms with Crippen LogP contribution in [0.2, 0.25) is 0 Å². The van der Waals surface area contributed by atoms with Gasteiger partial charge in [0.25, 0.3) is 0 Å². The van der Waals surface area contributed by atoms with Crippen molar-refractivity contribution in [3.05, 3.63) is 48.1 Å². The van der Waals surface area contributed by atoms with Gasteiger partial charge < -0.3 is 4.74 Å². The molecule has 1 nitrogen and oxygen atoms in total. The average molecular weight is 214 g/mol. The molecule has 16 heavy (non-hydrogen) atoms. The second kappa shape index (κ2) is 5.02. The van der Waals surface area contributed by atoms with E-state index in [1.54, 1.807) is 0 Å². The van der Waals surface area contributed by atoms with Gasteiger partial charge in [0, 0.05) is 0 Å².